The summed E-state index contributed by atoms with van der Waals surface area (Å²) in [6, 6.07) is 5.84. The van der Waals surface area contributed by atoms with E-state index in [1.807, 2.05) is 25.1 Å². The number of benzene rings is 1. The highest BCUT2D eigenvalue weighted by Gasteiger charge is 2.06. The fraction of sp³-hybridized carbons (Fsp3) is 0.154. The average molecular weight is 287 g/mol. The maximum absolute atomic E-state index is 5.50. The molecule has 0 unspecified atom stereocenters. The van der Waals surface area contributed by atoms with Crippen LogP contribution in [0, 0.1) is 0 Å². The number of nitrogens with two attached hydrogens (primary N) is 1. The molecule has 7 heteroatoms. The summed E-state index contributed by atoms with van der Waals surface area (Å²) in [5.41, 5.74) is 6.42. The van der Waals surface area contributed by atoms with E-state index in [0.717, 1.165) is 21.1 Å². The highest BCUT2D eigenvalue weighted by Crippen LogP contribution is 2.30. The van der Waals surface area contributed by atoms with Crippen molar-refractivity contribution in [2.75, 3.05) is 17.7 Å². The second-order valence-corrected chi connectivity index (χ2v) is 5.06. The predicted octanol–water partition coefficient (Wildman–Crippen LogP) is 2.81. The number of hydrogen-bond donors (Lipinski definition) is 2. The first-order valence-electron chi connectivity index (χ1n) is 6.12. The molecular weight excluding hydrogens is 274 g/mol. The van der Waals surface area contributed by atoms with Gasteiger partial charge in [-0.2, -0.15) is 0 Å². The molecule has 2 heterocycles. The third-order valence-electron chi connectivity index (χ3n) is 2.58. The van der Waals surface area contributed by atoms with Gasteiger partial charge in [0, 0.05) is 0 Å². The number of rotatable bonds is 4. The van der Waals surface area contributed by atoms with Crippen LogP contribution < -0.4 is 15.8 Å². The molecule has 6 nitrogen and oxygen atoms in total. The van der Waals surface area contributed by atoms with Crippen LogP contribution in [0.25, 0.3) is 10.2 Å². The summed E-state index contributed by atoms with van der Waals surface area (Å²) < 4.78 is 6.53. The smallest absolute Gasteiger partial charge is 0.189 e. The van der Waals surface area contributed by atoms with Gasteiger partial charge in [-0.1, -0.05) is 11.3 Å². The maximum Gasteiger partial charge on any atom is 0.189 e. The van der Waals surface area contributed by atoms with Gasteiger partial charge in [0.2, 0.25) is 0 Å². The molecule has 0 atom stereocenters. The van der Waals surface area contributed by atoms with Crippen molar-refractivity contribution in [1.82, 2.24) is 15.0 Å². The summed E-state index contributed by atoms with van der Waals surface area (Å²) in [7, 11) is 0. The molecule has 0 aliphatic carbocycles. The van der Waals surface area contributed by atoms with Crippen LogP contribution in [0.4, 0.5) is 16.8 Å². The Morgan fingerprint density at radius 2 is 2.20 bits per heavy atom. The van der Waals surface area contributed by atoms with Crippen LogP contribution in [-0.4, -0.2) is 21.6 Å². The number of nitrogen functional groups attached to an aromatic ring is 1. The molecule has 0 saturated carbocycles. The second kappa shape index (κ2) is 5.30. The van der Waals surface area contributed by atoms with E-state index in [1.54, 1.807) is 6.20 Å². The zero-order valence-corrected chi connectivity index (χ0v) is 11.6. The van der Waals surface area contributed by atoms with Gasteiger partial charge in [0.15, 0.2) is 10.9 Å². The zero-order valence-electron chi connectivity index (χ0n) is 10.8. The molecule has 0 aliphatic rings. The number of nitrogens with zero attached hydrogens (tertiary/aromatic N) is 3. The number of aromatic nitrogens is 3. The number of thiazole rings is 1. The number of anilines is 3. The van der Waals surface area contributed by atoms with Crippen LogP contribution in [-0.2, 0) is 0 Å². The van der Waals surface area contributed by atoms with Crippen molar-refractivity contribution in [1.29, 1.82) is 0 Å². The van der Waals surface area contributed by atoms with E-state index in [-0.39, 0.29) is 0 Å². The first-order chi connectivity index (χ1) is 9.74. The second-order valence-electron chi connectivity index (χ2n) is 4.03. The standard InChI is InChI=1S/C13H13N5OS/c1-2-19-8-3-4-9-10(5-8)20-13(17-9)18-12-7-15-11(14)6-16-12/h3-7H,2H2,1H3,(H2,14,15)(H,16,17,18). The minimum Gasteiger partial charge on any atom is -0.494 e. The van der Waals surface area contributed by atoms with E-state index in [0.29, 0.717) is 18.2 Å². The van der Waals surface area contributed by atoms with Crippen LogP contribution >= 0.6 is 11.3 Å². The molecular formula is C13H13N5OS. The summed E-state index contributed by atoms with van der Waals surface area (Å²) in [6.45, 7) is 2.61. The van der Waals surface area contributed by atoms with Gasteiger partial charge < -0.3 is 15.8 Å². The molecule has 0 amide bonds. The molecule has 0 fully saturated rings. The Morgan fingerprint density at radius 3 is 2.95 bits per heavy atom. The van der Waals surface area contributed by atoms with Crippen molar-refractivity contribution in [2.24, 2.45) is 0 Å². The topological polar surface area (TPSA) is 86.0 Å². The summed E-state index contributed by atoms with van der Waals surface area (Å²) in [4.78, 5) is 12.6. The van der Waals surface area contributed by atoms with Crippen LogP contribution in [0.15, 0.2) is 30.6 Å². The molecule has 0 bridgehead atoms. The van der Waals surface area contributed by atoms with Crippen molar-refractivity contribution in [3.05, 3.63) is 30.6 Å². The highest BCUT2D eigenvalue weighted by molar-refractivity contribution is 7.22. The number of ether oxygens (including phenoxy) is 1. The molecule has 0 aliphatic heterocycles. The van der Waals surface area contributed by atoms with E-state index < -0.39 is 0 Å². The Morgan fingerprint density at radius 1 is 1.30 bits per heavy atom. The van der Waals surface area contributed by atoms with Crippen molar-refractivity contribution in [3.63, 3.8) is 0 Å². The van der Waals surface area contributed by atoms with Crippen LogP contribution in [0.2, 0.25) is 0 Å². The maximum atomic E-state index is 5.50. The van der Waals surface area contributed by atoms with Gasteiger partial charge in [0.1, 0.15) is 11.6 Å². The molecule has 0 radical (unpaired) electrons. The minimum absolute atomic E-state index is 0.390. The molecule has 20 heavy (non-hydrogen) atoms. The number of nitrogens with one attached hydrogen (secondary N) is 1. The van der Waals surface area contributed by atoms with Gasteiger partial charge in [-0.05, 0) is 25.1 Å². The quantitative estimate of drug-likeness (QED) is 0.767. The lowest BCUT2D eigenvalue weighted by atomic mass is 10.3. The Hall–Kier alpha value is -2.41. The lowest BCUT2D eigenvalue weighted by Crippen LogP contribution is -1.96. The number of fused-ring (bicyclic) bond motifs is 1. The van der Waals surface area contributed by atoms with Gasteiger partial charge in [-0.3, -0.25) is 0 Å². The van der Waals surface area contributed by atoms with Crippen LogP contribution in [0.5, 0.6) is 5.75 Å². The monoisotopic (exact) mass is 287 g/mol. The molecule has 3 rings (SSSR count). The van der Waals surface area contributed by atoms with Gasteiger partial charge >= 0.3 is 0 Å². The molecule has 3 aromatic rings. The molecule has 0 spiro atoms. The molecule has 102 valence electrons. The molecule has 0 saturated heterocycles. The Balaban J connectivity index is 1.86. The average Bonchev–Trinajstić information content (AvgIpc) is 2.83. The first kappa shape index (κ1) is 12.6. The number of hydrogen-bond acceptors (Lipinski definition) is 7. The summed E-state index contributed by atoms with van der Waals surface area (Å²) >= 11 is 1.54. The van der Waals surface area contributed by atoms with Gasteiger partial charge in [-0.25, -0.2) is 15.0 Å². The van der Waals surface area contributed by atoms with Gasteiger partial charge in [0.05, 0.1) is 29.2 Å². The van der Waals surface area contributed by atoms with Crippen molar-refractivity contribution < 1.29 is 4.74 Å². The molecule has 1 aromatic carbocycles. The largest absolute Gasteiger partial charge is 0.494 e. The fourth-order valence-electron chi connectivity index (χ4n) is 1.73. The van der Waals surface area contributed by atoms with Crippen molar-refractivity contribution >= 4 is 38.3 Å². The normalized spacial score (nSPS) is 10.7. The Bertz CT molecular complexity index is 725. The lowest BCUT2D eigenvalue weighted by molar-refractivity contribution is 0.341. The highest BCUT2D eigenvalue weighted by atomic mass is 32.1. The van der Waals surface area contributed by atoms with Crippen LogP contribution in [0.1, 0.15) is 6.92 Å². The fourth-order valence-corrected chi connectivity index (χ4v) is 2.63. The lowest BCUT2D eigenvalue weighted by Gasteiger charge is -2.00. The first-order valence-corrected chi connectivity index (χ1v) is 6.94. The summed E-state index contributed by atoms with van der Waals surface area (Å²) in [5, 5.41) is 3.87. The van der Waals surface area contributed by atoms with Crippen LogP contribution in [0.3, 0.4) is 0 Å². The van der Waals surface area contributed by atoms with E-state index >= 15 is 0 Å². The zero-order chi connectivity index (χ0) is 13.9. The van der Waals surface area contributed by atoms with E-state index in [1.165, 1.54) is 17.5 Å². The van der Waals surface area contributed by atoms with Crippen molar-refractivity contribution in [2.45, 2.75) is 6.92 Å². The third-order valence-corrected chi connectivity index (χ3v) is 3.51. The SMILES string of the molecule is CCOc1ccc2nc(Nc3cnc(N)cn3)sc2c1. The predicted molar refractivity (Wildman–Crippen MR) is 80.5 cm³/mol. The van der Waals surface area contributed by atoms with E-state index in [2.05, 4.69) is 20.3 Å². The van der Waals surface area contributed by atoms with Crippen molar-refractivity contribution in [3.8, 4) is 5.75 Å². The van der Waals surface area contributed by atoms with Gasteiger partial charge in [-0.15, -0.1) is 0 Å². The Labute approximate surface area is 119 Å². The summed E-state index contributed by atoms with van der Waals surface area (Å²) in [5.74, 6) is 1.85. The van der Waals surface area contributed by atoms with E-state index in [9.17, 15) is 0 Å². The third kappa shape index (κ3) is 2.62. The minimum atomic E-state index is 0.390. The molecule has 2 aromatic heterocycles. The summed E-state index contributed by atoms with van der Waals surface area (Å²) in [6.07, 6.45) is 3.08. The Kier molecular flexibility index (Phi) is 3.34. The molecule has 3 N–H and O–H groups in total. The van der Waals surface area contributed by atoms with E-state index in [4.69, 9.17) is 10.5 Å². The van der Waals surface area contributed by atoms with Gasteiger partial charge in [0.25, 0.3) is 0 Å².